The van der Waals surface area contributed by atoms with Crippen molar-refractivity contribution in [2.75, 3.05) is 26.2 Å². The van der Waals surface area contributed by atoms with Crippen molar-refractivity contribution in [1.82, 2.24) is 10.2 Å². The molecule has 0 saturated carbocycles. The monoisotopic (exact) mass is 412 g/mol. The second-order valence-electron chi connectivity index (χ2n) is 7.65. The number of alkyl carbamates (subject to hydrolysis) is 1. The lowest BCUT2D eigenvalue weighted by atomic mass is 10.1. The molecule has 140 valence electrons. The predicted molar refractivity (Wildman–Crippen MR) is 103 cm³/mol. The second kappa shape index (κ2) is 8.41. The van der Waals surface area contributed by atoms with Crippen molar-refractivity contribution in [2.24, 2.45) is 0 Å². The van der Waals surface area contributed by atoms with Crippen LogP contribution in [-0.2, 0) is 4.74 Å². The van der Waals surface area contributed by atoms with Crippen molar-refractivity contribution in [3.63, 3.8) is 0 Å². The molecular formula is C19H29BrN2O3. The number of ether oxygens (including phenoxy) is 2. The number of carbonyl (C=O) groups excluding carboxylic acids is 1. The average Bonchev–Trinajstić information content (AvgIpc) is 2.90. The maximum Gasteiger partial charge on any atom is 0.407 e. The van der Waals surface area contributed by atoms with E-state index in [-0.39, 0.29) is 12.1 Å². The molecule has 0 aromatic heterocycles. The van der Waals surface area contributed by atoms with E-state index in [2.05, 4.69) is 40.0 Å². The highest BCUT2D eigenvalue weighted by Crippen LogP contribution is 2.26. The zero-order valence-corrected chi connectivity index (χ0v) is 17.4. The van der Waals surface area contributed by atoms with E-state index in [1.807, 2.05) is 32.9 Å². The number of hydrogen-bond acceptors (Lipinski definition) is 4. The quantitative estimate of drug-likeness (QED) is 0.792. The summed E-state index contributed by atoms with van der Waals surface area (Å²) in [5, 5.41) is 2.95. The van der Waals surface area contributed by atoms with E-state index in [1.54, 1.807) is 0 Å². The molecule has 1 fully saturated rings. The van der Waals surface area contributed by atoms with Gasteiger partial charge in [-0.1, -0.05) is 15.9 Å². The van der Waals surface area contributed by atoms with Crippen LogP contribution in [0.1, 0.15) is 38.3 Å². The zero-order valence-electron chi connectivity index (χ0n) is 15.8. The molecule has 1 aromatic rings. The first kappa shape index (κ1) is 20.0. The van der Waals surface area contributed by atoms with Crippen molar-refractivity contribution in [1.29, 1.82) is 0 Å². The van der Waals surface area contributed by atoms with Crippen LogP contribution < -0.4 is 10.1 Å². The summed E-state index contributed by atoms with van der Waals surface area (Å²) < 4.78 is 12.3. The Morgan fingerprint density at radius 1 is 1.32 bits per heavy atom. The summed E-state index contributed by atoms with van der Waals surface area (Å²) in [6, 6.07) is 4.24. The van der Waals surface area contributed by atoms with Crippen LogP contribution >= 0.6 is 15.9 Å². The van der Waals surface area contributed by atoms with Crippen molar-refractivity contribution in [3.8, 4) is 5.75 Å². The lowest BCUT2D eigenvalue weighted by molar-refractivity contribution is 0.0505. The highest BCUT2D eigenvalue weighted by Gasteiger charge is 2.25. The first-order valence-electron chi connectivity index (χ1n) is 8.75. The minimum Gasteiger partial charge on any atom is -0.492 e. The van der Waals surface area contributed by atoms with Gasteiger partial charge in [-0.2, -0.15) is 0 Å². The average molecular weight is 413 g/mol. The highest BCUT2D eigenvalue weighted by atomic mass is 79.9. The first-order valence-corrected chi connectivity index (χ1v) is 9.55. The molecule has 0 aliphatic carbocycles. The summed E-state index contributed by atoms with van der Waals surface area (Å²) in [5.41, 5.74) is 1.90. The van der Waals surface area contributed by atoms with Crippen LogP contribution in [0.4, 0.5) is 4.79 Å². The Bertz CT molecular complexity index is 590. The van der Waals surface area contributed by atoms with E-state index in [9.17, 15) is 4.79 Å². The fourth-order valence-electron chi connectivity index (χ4n) is 2.91. The third-order valence-electron chi connectivity index (χ3n) is 4.08. The normalized spacial score (nSPS) is 18.2. The molecule has 1 N–H and O–H groups in total. The van der Waals surface area contributed by atoms with Crippen LogP contribution in [0.15, 0.2) is 16.6 Å². The Hall–Kier alpha value is -1.27. The number of amides is 1. The van der Waals surface area contributed by atoms with Crippen molar-refractivity contribution >= 4 is 22.0 Å². The molecule has 5 nitrogen and oxygen atoms in total. The molecule has 1 heterocycles. The summed E-state index contributed by atoms with van der Waals surface area (Å²) in [6.07, 6.45) is 0.604. The number of aryl methyl sites for hydroxylation is 2. The van der Waals surface area contributed by atoms with Gasteiger partial charge in [0.15, 0.2) is 0 Å². The Morgan fingerprint density at radius 3 is 2.56 bits per heavy atom. The Balaban J connectivity index is 1.72. The maximum atomic E-state index is 11.8. The van der Waals surface area contributed by atoms with Crippen LogP contribution in [0.3, 0.4) is 0 Å². The molecule has 0 spiro atoms. The summed E-state index contributed by atoms with van der Waals surface area (Å²) in [6.45, 7) is 13.0. The molecule has 6 heteroatoms. The number of rotatable bonds is 5. The van der Waals surface area contributed by atoms with Gasteiger partial charge in [-0.05, 0) is 64.3 Å². The first-order chi connectivity index (χ1) is 11.6. The van der Waals surface area contributed by atoms with Crippen LogP contribution in [-0.4, -0.2) is 48.9 Å². The molecule has 1 aromatic carbocycles. The van der Waals surface area contributed by atoms with Gasteiger partial charge in [0.2, 0.25) is 0 Å². The Labute approximate surface area is 159 Å². The number of benzene rings is 1. The molecule has 1 saturated heterocycles. The summed E-state index contributed by atoms with van der Waals surface area (Å²) in [7, 11) is 0. The molecule has 1 aliphatic heterocycles. The molecule has 25 heavy (non-hydrogen) atoms. The SMILES string of the molecule is Cc1cc(OCCN2CCC(NC(=O)OC(C)(C)C)C2)cc(C)c1Br. The van der Waals surface area contributed by atoms with Gasteiger partial charge in [-0.3, -0.25) is 4.90 Å². The smallest absolute Gasteiger partial charge is 0.407 e. The van der Waals surface area contributed by atoms with E-state index in [0.29, 0.717) is 6.61 Å². The number of nitrogens with one attached hydrogen (secondary N) is 1. The van der Waals surface area contributed by atoms with Gasteiger partial charge in [0, 0.05) is 30.1 Å². The van der Waals surface area contributed by atoms with Crippen LogP contribution in [0.2, 0.25) is 0 Å². The standard InChI is InChI=1S/C19H29BrN2O3/c1-13-10-16(11-14(2)17(13)20)24-9-8-22-7-6-15(12-22)21-18(23)25-19(3,4)5/h10-11,15H,6-9,12H2,1-5H3,(H,21,23). The van der Waals surface area contributed by atoms with Crippen LogP contribution in [0.5, 0.6) is 5.75 Å². The molecular weight excluding hydrogens is 384 g/mol. The topological polar surface area (TPSA) is 50.8 Å². The van der Waals surface area contributed by atoms with Gasteiger partial charge in [-0.25, -0.2) is 4.79 Å². The number of likely N-dealkylation sites (tertiary alicyclic amines) is 1. The van der Waals surface area contributed by atoms with Crippen molar-refractivity contribution < 1.29 is 14.3 Å². The summed E-state index contributed by atoms with van der Waals surface area (Å²) in [4.78, 5) is 14.1. The highest BCUT2D eigenvalue weighted by molar-refractivity contribution is 9.10. The van der Waals surface area contributed by atoms with E-state index in [1.165, 1.54) is 11.1 Å². The van der Waals surface area contributed by atoms with E-state index in [0.717, 1.165) is 36.3 Å². The third-order valence-corrected chi connectivity index (χ3v) is 5.33. The molecule has 0 radical (unpaired) electrons. The molecule has 1 aliphatic rings. The van der Waals surface area contributed by atoms with E-state index < -0.39 is 5.60 Å². The van der Waals surface area contributed by atoms with Gasteiger partial charge < -0.3 is 14.8 Å². The van der Waals surface area contributed by atoms with Gasteiger partial charge in [0.05, 0.1) is 0 Å². The molecule has 1 unspecified atom stereocenters. The fourth-order valence-corrected chi connectivity index (χ4v) is 3.14. The zero-order chi connectivity index (χ0) is 18.6. The summed E-state index contributed by atoms with van der Waals surface area (Å²) in [5.74, 6) is 0.904. The van der Waals surface area contributed by atoms with Gasteiger partial charge in [-0.15, -0.1) is 0 Å². The molecule has 0 bridgehead atoms. The van der Waals surface area contributed by atoms with Crippen LogP contribution in [0, 0.1) is 13.8 Å². The Morgan fingerprint density at radius 2 is 1.96 bits per heavy atom. The predicted octanol–water partition coefficient (Wildman–Crippen LogP) is 4.04. The minimum absolute atomic E-state index is 0.145. The van der Waals surface area contributed by atoms with E-state index >= 15 is 0 Å². The van der Waals surface area contributed by atoms with Crippen molar-refractivity contribution in [2.45, 2.75) is 52.7 Å². The van der Waals surface area contributed by atoms with Crippen molar-refractivity contribution in [3.05, 3.63) is 27.7 Å². The largest absolute Gasteiger partial charge is 0.492 e. The minimum atomic E-state index is -0.461. The molecule has 1 amide bonds. The number of halogens is 1. The molecule has 1 atom stereocenters. The molecule has 2 rings (SSSR count). The Kier molecular flexibility index (Phi) is 6.74. The lowest BCUT2D eigenvalue weighted by Crippen LogP contribution is -2.40. The van der Waals surface area contributed by atoms with Gasteiger partial charge in [0.25, 0.3) is 0 Å². The third kappa shape index (κ3) is 6.51. The second-order valence-corrected chi connectivity index (χ2v) is 8.44. The number of hydrogen-bond donors (Lipinski definition) is 1. The maximum absolute atomic E-state index is 11.8. The lowest BCUT2D eigenvalue weighted by Gasteiger charge is -2.22. The number of carbonyl (C=O) groups is 1. The number of nitrogens with zero attached hydrogens (tertiary/aromatic N) is 1. The fraction of sp³-hybridized carbons (Fsp3) is 0.632. The van der Waals surface area contributed by atoms with E-state index in [4.69, 9.17) is 9.47 Å². The summed E-state index contributed by atoms with van der Waals surface area (Å²) >= 11 is 3.57. The van der Waals surface area contributed by atoms with Gasteiger partial charge >= 0.3 is 6.09 Å². The van der Waals surface area contributed by atoms with Crippen LogP contribution in [0.25, 0.3) is 0 Å². The van der Waals surface area contributed by atoms with Gasteiger partial charge in [0.1, 0.15) is 18.0 Å².